The molecule has 1 aliphatic heterocycles. The summed E-state index contributed by atoms with van der Waals surface area (Å²) in [6.45, 7) is 5.42. The second-order valence-corrected chi connectivity index (χ2v) is 6.22. The molecule has 6 heteroatoms. The minimum atomic E-state index is 0.437. The van der Waals surface area contributed by atoms with Gasteiger partial charge in [-0.2, -0.15) is 16.7 Å². The molecule has 1 aromatic heterocycles. The lowest BCUT2D eigenvalue weighted by Crippen LogP contribution is -2.45. The Morgan fingerprint density at radius 1 is 1.50 bits per heavy atom. The highest BCUT2D eigenvalue weighted by atomic mass is 79.9. The average molecular weight is 303 g/mol. The molecular weight excluding hydrogens is 288 g/mol. The second kappa shape index (κ2) is 4.79. The molecule has 0 aliphatic carbocycles. The Morgan fingerprint density at radius 2 is 2.25 bits per heavy atom. The van der Waals surface area contributed by atoms with Crippen LogP contribution in [0.4, 0.5) is 11.8 Å². The largest absolute Gasteiger partial charge is 0.383 e. The van der Waals surface area contributed by atoms with Crippen molar-refractivity contribution >= 4 is 39.5 Å². The molecule has 1 aromatic rings. The summed E-state index contributed by atoms with van der Waals surface area (Å²) in [5.74, 6) is 2.35. The first-order valence-corrected chi connectivity index (χ1v) is 7.10. The van der Waals surface area contributed by atoms with Crippen molar-refractivity contribution in [2.45, 2.75) is 25.1 Å². The molecule has 16 heavy (non-hydrogen) atoms. The number of nitrogens with zero attached hydrogens (tertiary/aromatic N) is 3. The first-order chi connectivity index (χ1) is 7.58. The molecule has 2 heterocycles. The molecule has 0 amide bonds. The third-order valence-electron chi connectivity index (χ3n) is 2.84. The maximum Gasteiger partial charge on any atom is 0.228 e. The van der Waals surface area contributed by atoms with E-state index < -0.39 is 0 Å². The van der Waals surface area contributed by atoms with Gasteiger partial charge in [-0.3, -0.25) is 0 Å². The topological polar surface area (TPSA) is 55.0 Å². The predicted octanol–water partition coefficient (Wildman–Crippen LogP) is 2.15. The van der Waals surface area contributed by atoms with E-state index in [1.807, 2.05) is 11.8 Å². The van der Waals surface area contributed by atoms with E-state index in [1.54, 1.807) is 6.07 Å². The van der Waals surface area contributed by atoms with E-state index in [1.165, 1.54) is 0 Å². The molecule has 0 radical (unpaired) electrons. The maximum atomic E-state index is 5.73. The van der Waals surface area contributed by atoms with E-state index >= 15 is 0 Å². The highest BCUT2D eigenvalue weighted by molar-refractivity contribution is 9.10. The summed E-state index contributed by atoms with van der Waals surface area (Å²) in [6.07, 6.45) is 0. The minimum Gasteiger partial charge on any atom is -0.383 e. The van der Waals surface area contributed by atoms with Gasteiger partial charge >= 0.3 is 0 Å². The van der Waals surface area contributed by atoms with E-state index in [0.717, 1.165) is 22.8 Å². The van der Waals surface area contributed by atoms with Gasteiger partial charge in [0.2, 0.25) is 5.95 Å². The van der Waals surface area contributed by atoms with Crippen LogP contribution in [0.1, 0.15) is 13.8 Å². The molecule has 0 spiro atoms. The van der Waals surface area contributed by atoms with Gasteiger partial charge in [-0.1, -0.05) is 6.92 Å². The molecule has 2 rings (SSSR count). The van der Waals surface area contributed by atoms with Crippen molar-refractivity contribution < 1.29 is 0 Å². The fourth-order valence-electron chi connectivity index (χ4n) is 1.77. The Kier molecular flexibility index (Phi) is 3.59. The van der Waals surface area contributed by atoms with Crippen LogP contribution in [0.2, 0.25) is 0 Å². The average Bonchev–Trinajstić information content (AvgIpc) is 2.20. The first-order valence-electron chi connectivity index (χ1n) is 5.26. The molecule has 1 aliphatic rings. The van der Waals surface area contributed by atoms with Crippen LogP contribution < -0.4 is 10.6 Å². The lowest BCUT2D eigenvalue weighted by Gasteiger charge is -2.37. The van der Waals surface area contributed by atoms with Crippen LogP contribution in [0.5, 0.6) is 0 Å². The number of aromatic nitrogens is 2. The van der Waals surface area contributed by atoms with Crippen molar-refractivity contribution in [1.29, 1.82) is 0 Å². The van der Waals surface area contributed by atoms with Crippen molar-refractivity contribution in [3.05, 3.63) is 10.7 Å². The maximum absolute atomic E-state index is 5.73. The summed E-state index contributed by atoms with van der Waals surface area (Å²) in [6, 6.07) is 2.16. The fourth-order valence-corrected chi connectivity index (χ4v) is 3.26. The molecule has 1 saturated heterocycles. The molecule has 1 fully saturated rings. The summed E-state index contributed by atoms with van der Waals surface area (Å²) >= 11 is 5.34. The van der Waals surface area contributed by atoms with Crippen LogP contribution in [0.25, 0.3) is 0 Å². The lowest BCUT2D eigenvalue weighted by atomic mass is 10.2. The van der Waals surface area contributed by atoms with Crippen LogP contribution in [-0.2, 0) is 0 Å². The molecule has 0 saturated carbocycles. The van der Waals surface area contributed by atoms with Gasteiger partial charge in [0.1, 0.15) is 10.4 Å². The van der Waals surface area contributed by atoms with E-state index in [-0.39, 0.29) is 0 Å². The quantitative estimate of drug-likeness (QED) is 0.806. The van der Waals surface area contributed by atoms with Crippen molar-refractivity contribution in [1.82, 2.24) is 9.97 Å². The lowest BCUT2D eigenvalue weighted by molar-refractivity contribution is 0.612. The number of thioether (sulfide) groups is 1. The molecule has 88 valence electrons. The summed E-state index contributed by atoms with van der Waals surface area (Å²) in [7, 11) is 0. The molecule has 0 bridgehead atoms. The smallest absolute Gasteiger partial charge is 0.228 e. The highest BCUT2D eigenvalue weighted by Crippen LogP contribution is 2.28. The van der Waals surface area contributed by atoms with Crippen molar-refractivity contribution in [3.63, 3.8) is 0 Å². The van der Waals surface area contributed by atoms with Crippen LogP contribution in [0, 0.1) is 0 Å². The van der Waals surface area contributed by atoms with Gasteiger partial charge in [0.05, 0.1) is 0 Å². The monoisotopic (exact) mass is 302 g/mol. The van der Waals surface area contributed by atoms with E-state index in [0.29, 0.717) is 17.1 Å². The Bertz CT molecular complexity index is 367. The number of hydrogen-bond acceptors (Lipinski definition) is 5. The molecular formula is C10H15BrN4S. The molecule has 2 unspecified atom stereocenters. The summed E-state index contributed by atoms with van der Waals surface area (Å²) in [5, 5.41) is 0.595. The van der Waals surface area contributed by atoms with Crippen LogP contribution in [-0.4, -0.2) is 33.6 Å². The van der Waals surface area contributed by atoms with E-state index in [4.69, 9.17) is 5.73 Å². The highest BCUT2D eigenvalue weighted by Gasteiger charge is 2.27. The molecule has 2 N–H and O–H groups in total. The van der Waals surface area contributed by atoms with Gasteiger partial charge in [0, 0.05) is 29.7 Å². The number of halogens is 1. The normalized spacial score (nSPS) is 25.8. The number of nitrogens with two attached hydrogens (primary N) is 1. The summed E-state index contributed by atoms with van der Waals surface area (Å²) in [5.41, 5.74) is 5.73. The zero-order valence-corrected chi connectivity index (χ0v) is 11.8. The SMILES string of the molecule is CC1SCCN(c2nc(N)cc(Br)n2)C1C. The van der Waals surface area contributed by atoms with Crippen molar-refractivity contribution in [3.8, 4) is 0 Å². The first kappa shape index (κ1) is 12.0. The van der Waals surface area contributed by atoms with Gasteiger partial charge in [-0.25, -0.2) is 4.98 Å². The standard InChI is InChI=1S/C10H15BrN4S/c1-6-7(2)16-4-3-15(6)10-13-8(11)5-9(12)14-10/h5-7H,3-4H2,1-2H3,(H2,12,13,14). The number of anilines is 2. The third-order valence-corrected chi connectivity index (χ3v) is 4.59. The molecule has 2 atom stereocenters. The Hall–Kier alpha value is -0.490. The van der Waals surface area contributed by atoms with Crippen LogP contribution in [0.3, 0.4) is 0 Å². The van der Waals surface area contributed by atoms with Crippen LogP contribution >= 0.6 is 27.7 Å². The Morgan fingerprint density at radius 3 is 2.94 bits per heavy atom. The molecule has 0 aromatic carbocycles. The Labute approximate surface area is 108 Å². The second-order valence-electron chi connectivity index (χ2n) is 3.93. The fraction of sp³-hybridized carbons (Fsp3) is 0.600. The Balaban J connectivity index is 2.28. The third kappa shape index (κ3) is 2.43. The van der Waals surface area contributed by atoms with Gasteiger partial charge in [-0.05, 0) is 22.9 Å². The van der Waals surface area contributed by atoms with Gasteiger partial charge < -0.3 is 10.6 Å². The van der Waals surface area contributed by atoms with E-state index in [2.05, 4.69) is 44.6 Å². The summed E-state index contributed by atoms with van der Waals surface area (Å²) < 4.78 is 0.744. The van der Waals surface area contributed by atoms with Gasteiger partial charge in [-0.15, -0.1) is 0 Å². The summed E-state index contributed by atoms with van der Waals surface area (Å²) in [4.78, 5) is 10.9. The van der Waals surface area contributed by atoms with Crippen LogP contribution in [0.15, 0.2) is 10.7 Å². The number of rotatable bonds is 1. The number of hydrogen-bond donors (Lipinski definition) is 1. The zero-order valence-electron chi connectivity index (χ0n) is 9.35. The minimum absolute atomic E-state index is 0.437. The predicted molar refractivity (Wildman–Crippen MR) is 72.9 cm³/mol. The van der Waals surface area contributed by atoms with Crippen molar-refractivity contribution in [2.75, 3.05) is 22.9 Å². The zero-order chi connectivity index (χ0) is 11.7. The number of nitrogen functional groups attached to an aromatic ring is 1. The van der Waals surface area contributed by atoms with Crippen molar-refractivity contribution in [2.24, 2.45) is 0 Å². The van der Waals surface area contributed by atoms with Gasteiger partial charge in [0.25, 0.3) is 0 Å². The van der Waals surface area contributed by atoms with Gasteiger partial charge in [0.15, 0.2) is 0 Å². The van der Waals surface area contributed by atoms with E-state index in [9.17, 15) is 0 Å². The molecule has 4 nitrogen and oxygen atoms in total.